The first-order valence-corrected chi connectivity index (χ1v) is 8.96. The molecule has 2 aromatic rings. The molecule has 0 spiro atoms. The number of carbonyl (C=O) groups is 1. The number of likely N-dealkylation sites (tertiary alicyclic amines) is 1. The van der Waals surface area contributed by atoms with Crippen LogP contribution in [0.25, 0.3) is 0 Å². The summed E-state index contributed by atoms with van der Waals surface area (Å²) in [5.74, 6) is 0. The predicted octanol–water partition coefficient (Wildman–Crippen LogP) is 3.05. The third-order valence-electron chi connectivity index (χ3n) is 3.99. The second kappa shape index (κ2) is 7.74. The molecule has 7 heteroatoms. The van der Waals surface area contributed by atoms with Crippen molar-refractivity contribution in [3.8, 4) is 0 Å². The lowest BCUT2D eigenvalue weighted by molar-refractivity contribution is 0.0792. The molecule has 1 aromatic carbocycles. The molecule has 24 heavy (non-hydrogen) atoms. The molecule has 0 atom stereocenters. The monoisotopic (exact) mass is 346 g/mol. The first kappa shape index (κ1) is 16.9. The molecule has 0 radical (unpaired) electrons. The fourth-order valence-corrected chi connectivity index (χ4v) is 3.44. The Morgan fingerprint density at radius 1 is 1.38 bits per heavy atom. The number of nitrogens with one attached hydrogen (secondary N) is 2. The summed E-state index contributed by atoms with van der Waals surface area (Å²) in [6, 6.07) is 7.56. The van der Waals surface area contributed by atoms with Gasteiger partial charge in [-0.25, -0.2) is 9.78 Å². The fourth-order valence-electron chi connectivity index (χ4n) is 2.75. The van der Waals surface area contributed by atoms with Gasteiger partial charge in [0.25, 0.3) is 0 Å². The van der Waals surface area contributed by atoms with Crippen molar-refractivity contribution in [2.75, 3.05) is 23.7 Å². The maximum atomic E-state index is 12.0. The van der Waals surface area contributed by atoms with Gasteiger partial charge in [0.15, 0.2) is 5.13 Å². The third-order valence-corrected chi connectivity index (χ3v) is 4.86. The van der Waals surface area contributed by atoms with Gasteiger partial charge in [0.2, 0.25) is 0 Å². The van der Waals surface area contributed by atoms with E-state index in [2.05, 4.69) is 26.6 Å². The van der Waals surface area contributed by atoms with E-state index < -0.39 is 0 Å². The number of benzene rings is 1. The van der Waals surface area contributed by atoms with E-state index in [1.165, 1.54) is 11.3 Å². The van der Waals surface area contributed by atoms with Crippen LogP contribution >= 0.6 is 11.3 Å². The molecular formula is C17H22N4O2S. The van der Waals surface area contributed by atoms with Gasteiger partial charge in [-0.1, -0.05) is 12.1 Å². The molecule has 6 nitrogen and oxygen atoms in total. The van der Waals surface area contributed by atoms with Crippen LogP contribution in [0.1, 0.15) is 24.1 Å². The number of hydrogen-bond acceptors (Lipinski definition) is 5. The van der Waals surface area contributed by atoms with Gasteiger partial charge in [-0.05, 0) is 37.5 Å². The average Bonchev–Trinajstić information content (AvgIpc) is 2.95. The van der Waals surface area contributed by atoms with Crippen LogP contribution in [0, 0.1) is 6.92 Å². The number of anilines is 2. The first-order chi connectivity index (χ1) is 11.6. The number of urea groups is 1. The number of aromatic nitrogens is 1. The van der Waals surface area contributed by atoms with Crippen molar-refractivity contribution in [1.29, 1.82) is 0 Å². The van der Waals surface area contributed by atoms with Gasteiger partial charge < -0.3 is 10.4 Å². The molecule has 0 saturated carbocycles. The van der Waals surface area contributed by atoms with Crippen LogP contribution in [-0.4, -0.2) is 40.2 Å². The minimum absolute atomic E-state index is 0.160. The van der Waals surface area contributed by atoms with Crippen LogP contribution in [0.15, 0.2) is 29.6 Å². The summed E-state index contributed by atoms with van der Waals surface area (Å²) < 4.78 is 0. The first-order valence-electron chi connectivity index (χ1n) is 8.08. The Morgan fingerprint density at radius 2 is 2.17 bits per heavy atom. The normalized spacial score (nSPS) is 16.1. The van der Waals surface area contributed by atoms with E-state index in [1.807, 2.05) is 30.5 Å². The zero-order chi connectivity index (χ0) is 16.9. The molecule has 0 unspecified atom stereocenters. The van der Waals surface area contributed by atoms with Gasteiger partial charge in [0.05, 0.1) is 11.8 Å². The molecule has 1 aliphatic heterocycles. The second-order valence-electron chi connectivity index (χ2n) is 6.08. The Bertz CT molecular complexity index is 695. The number of aliphatic hydroxyl groups is 1. The molecule has 2 heterocycles. The van der Waals surface area contributed by atoms with Crippen molar-refractivity contribution in [3.63, 3.8) is 0 Å². The van der Waals surface area contributed by atoms with E-state index in [1.54, 1.807) is 0 Å². The maximum absolute atomic E-state index is 12.0. The Labute approximate surface area is 145 Å². The van der Waals surface area contributed by atoms with Gasteiger partial charge >= 0.3 is 6.03 Å². The highest BCUT2D eigenvalue weighted by Crippen LogP contribution is 2.18. The molecule has 2 amide bonds. The Balaban J connectivity index is 1.55. The molecule has 3 rings (SSSR count). The van der Waals surface area contributed by atoms with Crippen LogP contribution < -0.4 is 10.6 Å². The van der Waals surface area contributed by atoms with Gasteiger partial charge in [0, 0.05) is 30.7 Å². The van der Waals surface area contributed by atoms with E-state index >= 15 is 0 Å². The molecule has 1 fully saturated rings. The van der Waals surface area contributed by atoms with Crippen LogP contribution in [-0.2, 0) is 6.54 Å². The van der Waals surface area contributed by atoms with Crippen LogP contribution in [0.5, 0.6) is 0 Å². The summed E-state index contributed by atoms with van der Waals surface area (Å²) >= 11 is 1.40. The zero-order valence-corrected chi connectivity index (χ0v) is 14.5. The summed E-state index contributed by atoms with van der Waals surface area (Å²) in [5, 5.41) is 17.6. The van der Waals surface area contributed by atoms with E-state index in [4.69, 9.17) is 0 Å². The topological polar surface area (TPSA) is 77.5 Å². The Morgan fingerprint density at radius 3 is 2.88 bits per heavy atom. The molecule has 128 valence electrons. The number of thiazole rings is 1. The SMILES string of the molecule is Cc1csc(NC(=O)Nc2cccc(CN3CCC(O)CC3)c2)n1. The Kier molecular flexibility index (Phi) is 5.44. The van der Waals surface area contributed by atoms with E-state index in [0.717, 1.165) is 49.4 Å². The van der Waals surface area contributed by atoms with Crippen molar-refractivity contribution >= 4 is 28.2 Å². The lowest BCUT2D eigenvalue weighted by Gasteiger charge is -2.29. The molecule has 0 aliphatic carbocycles. The number of piperidine rings is 1. The van der Waals surface area contributed by atoms with Crippen LogP contribution in [0.2, 0.25) is 0 Å². The van der Waals surface area contributed by atoms with Crippen LogP contribution in [0.4, 0.5) is 15.6 Å². The molecule has 3 N–H and O–H groups in total. The average molecular weight is 346 g/mol. The molecule has 1 aliphatic rings. The summed E-state index contributed by atoms with van der Waals surface area (Å²) in [6.07, 6.45) is 1.49. The van der Waals surface area contributed by atoms with E-state index in [0.29, 0.717) is 5.13 Å². The summed E-state index contributed by atoms with van der Waals surface area (Å²) in [5.41, 5.74) is 2.80. The number of rotatable bonds is 4. The van der Waals surface area contributed by atoms with E-state index in [9.17, 15) is 9.90 Å². The third kappa shape index (κ3) is 4.77. The highest BCUT2D eigenvalue weighted by molar-refractivity contribution is 7.13. The van der Waals surface area contributed by atoms with Crippen molar-refractivity contribution in [2.24, 2.45) is 0 Å². The predicted molar refractivity (Wildman–Crippen MR) is 96.5 cm³/mol. The zero-order valence-electron chi connectivity index (χ0n) is 13.7. The minimum Gasteiger partial charge on any atom is -0.393 e. The van der Waals surface area contributed by atoms with Crippen molar-refractivity contribution in [1.82, 2.24) is 9.88 Å². The number of aliphatic hydroxyl groups excluding tert-OH is 1. The standard InChI is InChI=1S/C17H22N4O2S/c1-12-11-24-17(18-12)20-16(23)19-14-4-2-3-13(9-14)10-21-7-5-15(22)6-8-21/h2-4,9,11,15,22H,5-8,10H2,1H3,(H2,18,19,20,23). The highest BCUT2D eigenvalue weighted by Gasteiger charge is 2.17. The number of hydrogen-bond donors (Lipinski definition) is 3. The highest BCUT2D eigenvalue weighted by atomic mass is 32.1. The number of carbonyl (C=O) groups excluding carboxylic acids is 1. The van der Waals surface area contributed by atoms with Gasteiger partial charge in [0.1, 0.15) is 0 Å². The minimum atomic E-state index is -0.289. The molecule has 0 bridgehead atoms. The quantitative estimate of drug-likeness (QED) is 0.795. The number of nitrogens with zero attached hydrogens (tertiary/aromatic N) is 2. The lowest BCUT2D eigenvalue weighted by atomic mass is 10.1. The lowest BCUT2D eigenvalue weighted by Crippen LogP contribution is -2.35. The van der Waals surface area contributed by atoms with Gasteiger partial charge in [-0.2, -0.15) is 0 Å². The van der Waals surface area contributed by atoms with Gasteiger partial charge in [-0.3, -0.25) is 10.2 Å². The Hall–Kier alpha value is -1.96. The van der Waals surface area contributed by atoms with Crippen molar-refractivity contribution in [2.45, 2.75) is 32.4 Å². The summed E-state index contributed by atoms with van der Waals surface area (Å²) in [4.78, 5) is 18.6. The van der Waals surface area contributed by atoms with Gasteiger partial charge in [-0.15, -0.1) is 11.3 Å². The molecule has 1 saturated heterocycles. The van der Waals surface area contributed by atoms with Crippen LogP contribution in [0.3, 0.4) is 0 Å². The molecule has 1 aromatic heterocycles. The largest absolute Gasteiger partial charge is 0.393 e. The van der Waals surface area contributed by atoms with Crippen molar-refractivity contribution < 1.29 is 9.90 Å². The second-order valence-corrected chi connectivity index (χ2v) is 6.94. The fraction of sp³-hybridized carbons (Fsp3) is 0.412. The number of aryl methyl sites for hydroxylation is 1. The summed E-state index contributed by atoms with van der Waals surface area (Å²) in [6.45, 7) is 4.53. The summed E-state index contributed by atoms with van der Waals surface area (Å²) in [7, 11) is 0. The number of amides is 2. The smallest absolute Gasteiger partial charge is 0.325 e. The van der Waals surface area contributed by atoms with E-state index in [-0.39, 0.29) is 12.1 Å². The maximum Gasteiger partial charge on any atom is 0.325 e. The molecular weight excluding hydrogens is 324 g/mol. The van der Waals surface area contributed by atoms with Crippen molar-refractivity contribution in [3.05, 3.63) is 40.9 Å².